The lowest BCUT2D eigenvalue weighted by atomic mass is 10.1. The first-order valence-electron chi connectivity index (χ1n) is 10.7. The predicted octanol–water partition coefficient (Wildman–Crippen LogP) is 4.63. The Labute approximate surface area is 182 Å². The minimum absolute atomic E-state index is 0.510. The molecule has 0 bridgehead atoms. The molecule has 31 heavy (non-hydrogen) atoms. The Morgan fingerprint density at radius 2 is 1.74 bits per heavy atom. The van der Waals surface area contributed by atoms with Crippen molar-refractivity contribution in [1.82, 2.24) is 15.1 Å². The van der Waals surface area contributed by atoms with Crippen molar-refractivity contribution in [3.8, 4) is 17.0 Å². The monoisotopic (exact) mass is 410 g/mol. The molecule has 1 aliphatic rings. The minimum atomic E-state index is 0.510. The molecule has 0 atom stereocenters. The third-order valence-corrected chi connectivity index (χ3v) is 5.88. The molecule has 5 heteroatoms. The smallest absolute Gasteiger partial charge is 0.120 e. The van der Waals surface area contributed by atoms with E-state index in [1.807, 2.05) is 24.3 Å². The maximum absolute atomic E-state index is 6.19. The molecule has 0 N–H and O–H groups in total. The Morgan fingerprint density at radius 3 is 2.58 bits per heavy atom. The molecule has 156 valence electrons. The van der Waals surface area contributed by atoms with E-state index in [0.29, 0.717) is 6.61 Å². The fourth-order valence-corrected chi connectivity index (χ4v) is 4.09. The van der Waals surface area contributed by atoms with Crippen LogP contribution in [0.3, 0.4) is 0 Å². The van der Waals surface area contributed by atoms with Crippen LogP contribution in [-0.4, -0.2) is 48.3 Å². The van der Waals surface area contributed by atoms with Crippen molar-refractivity contribution in [3.05, 3.63) is 84.6 Å². The zero-order valence-electron chi connectivity index (χ0n) is 17.7. The van der Waals surface area contributed by atoms with Gasteiger partial charge in [0.15, 0.2) is 0 Å². The molecule has 0 unspecified atom stereocenters. The molecule has 0 aliphatic carbocycles. The molecule has 0 radical (unpaired) electrons. The molecule has 1 saturated heterocycles. The second-order valence-electron chi connectivity index (χ2n) is 8.05. The van der Waals surface area contributed by atoms with Crippen molar-refractivity contribution < 1.29 is 4.74 Å². The molecule has 5 nitrogen and oxygen atoms in total. The van der Waals surface area contributed by atoms with Crippen LogP contribution in [0.1, 0.15) is 5.56 Å². The maximum Gasteiger partial charge on any atom is 0.120 e. The summed E-state index contributed by atoms with van der Waals surface area (Å²) in [5, 5.41) is 10.7. The molecule has 0 saturated carbocycles. The standard InChI is InChI=1S/C26H26N4O/c1-29-13-15-30(16-14-29)26-9-3-6-21-10-11-23(18-24(21)26)31-19-20-5-2-7-22(17-20)25-8-4-12-27-28-25/h2-12,17-18H,13-16,19H2,1H3. The van der Waals surface area contributed by atoms with Gasteiger partial charge in [-0.25, -0.2) is 0 Å². The first-order chi connectivity index (χ1) is 15.3. The van der Waals surface area contributed by atoms with Gasteiger partial charge in [-0.1, -0.05) is 36.4 Å². The molecule has 1 aromatic heterocycles. The van der Waals surface area contributed by atoms with Gasteiger partial charge < -0.3 is 14.5 Å². The summed E-state index contributed by atoms with van der Waals surface area (Å²) in [6.07, 6.45) is 1.69. The Morgan fingerprint density at radius 1 is 0.871 bits per heavy atom. The second-order valence-corrected chi connectivity index (χ2v) is 8.05. The molecule has 4 aromatic rings. The summed E-state index contributed by atoms with van der Waals surface area (Å²) < 4.78 is 6.19. The van der Waals surface area contributed by atoms with Gasteiger partial charge in [-0.15, -0.1) is 0 Å². The highest BCUT2D eigenvalue weighted by molar-refractivity contribution is 5.95. The first kappa shape index (κ1) is 19.5. The van der Waals surface area contributed by atoms with Gasteiger partial charge >= 0.3 is 0 Å². The van der Waals surface area contributed by atoms with Gasteiger partial charge in [0.25, 0.3) is 0 Å². The van der Waals surface area contributed by atoms with Gasteiger partial charge in [0.2, 0.25) is 0 Å². The SMILES string of the molecule is CN1CCN(c2cccc3ccc(OCc4cccc(-c5cccnn5)c4)cc23)CC1. The molecule has 2 heterocycles. The number of nitrogens with zero attached hydrogens (tertiary/aromatic N) is 4. The minimum Gasteiger partial charge on any atom is -0.489 e. The highest BCUT2D eigenvalue weighted by Crippen LogP contribution is 2.31. The van der Waals surface area contributed by atoms with Gasteiger partial charge in [-0.05, 0) is 54.4 Å². The van der Waals surface area contributed by atoms with Crippen molar-refractivity contribution >= 4 is 16.5 Å². The van der Waals surface area contributed by atoms with Crippen LogP contribution in [-0.2, 0) is 6.61 Å². The predicted molar refractivity (Wildman–Crippen MR) is 125 cm³/mol. The first-order valence-corrected chi connectivity index (χ1v) is 10.7. The average molecular weight is 411 g/mol. The zero-order chi connectivity index (χ0) is 21.0. The number of benzene rings is 3. The molecule has 3 aromatic carbocycles. The Kier molecular flexibility index (Phi) is 5.50. The normalized spacial score (nSPS) is 14.7. The largest absolute Gasteiger partial charge is 0.489 e. The Bertz CT molecular complexity index is 1170. The lowest BCUT2D eigenvalue weighted by Gasteiger charge is -2.34. The van der Waals surface area contributed by atoms with Crippen LogP contribution in [0.15, 0.2) is 79.0 Å². The molecule has 0 amide bonds. The number of piperazine rings is 1. The number of ether oxygens (including phenoxy) is 1. The van der Waals surface area contributed by atoms with E-state index in [1.165, 1.54) is 16.5 Å². The third-order valence-electron chi connectivity index (χ3n) is 5.88. The zero-order valence-corrected chi connectivity index (χ0v) is 17.7. The number of hydrogen-bond acceptors (Lipinski definition) is 5. The van der Waals surface area contributed by atoms with Gasteiger partial charge in [0.05, 0.1) is 5.69 Å². The molecular weight excluding hydrogens is 384 g/mol. The number of likely N-dealkylation sites (N-methyl/N-ethyl adjacent to an activating group) is 1. The number of hydrogen-bond donors (Lipinski definition) is 0. The van der Waals surface area contributed by atoms with E-state index in [0.717, 1.165) is 48.7 Å². The van der Waals surface area contributed by atoms with Crippen LogP contribution < -0.4 is 9.64 Å². The van der Waals surface area contributed by atoms with E-state index >= 15 is 0 Å². The van der Waals surface area contributed by atoms with Gasteiger partial charge in [0, 0.05) is 49.0 Å². The number of anilines is 1. The summed E-state index contributed by atoms with van der Waals surface area (Å²) in [5.41, 5.74) is 4.31. The summed E-state index contributed by atoms with van der Waals surface area (Å²) >= 11 is 0. The summed E-state index contributed by atoms with van der Waals surface area (Å²) in [6, 6.07) is 25.1. The number of fused-ring (bicyclic) bond motifs is 1. The van der Waals surface area contributed by atoms with Crippen molar-refractivity contribution in [1.29, 1.82) is 0 Å². The van der Waals surface area contributed by atoms with Crippen molar-refractivity contribution in [2.45, 2.75) is 6.61 Å². The average Bonchev–Trinajstić information content (AvgIpc) is 2.83. The molecule has 1 aliphatic heterocycles. The third kappa shape index (κ3) is 4.37. The summed E-state index contributed by atoms with van der Waals surface area (Å²) in [7, 11) is 2.19. The van der Waals surface area contributed by atoms with Crippen LogP contribution in [0.4, 0.5) is 5.69 Å². The van der Waals surface area contributed by atoms with Crippen LogP contribution in [0.25, 0.3) is 22.0 Å². The maximum atomic E-state index is 6.19. The fourth-order valence-electron chi connectivity index (χ4n) is 4.09. The van der Waals surface area contributed by atoms with E-state index in [1.54, 1.807) is 6.20 Å². The van der Waals surface area contributed by atoms with Gasteiger partial charge in [-0.2, -0.15) is 10.2 Å². The van der Waals surface area contributed by atoms with Gasteiger partial charge in [0.1, 0.15) is 12.4 Å². The highest BCUT2D eigenvalue weighted by atomic mass is 16.5. The van der Waals surface area contributed by atoms with Crippen molar-refractivity contribution in [2.24, 2.45) is 0 Å². The Hall–Kier alpha value is -3.44. The molecule has 1 fully saturated rings. The van der Waals surface area contributed by atoms with E-state index in [4.69, 9.17) is 4.74 Å². The Balaban J connectivity index is 1.36. The molecular formula is C26H26N4O. The van der Waals surface area contributed by atoms with E-state index in [2.05, 4.69) is 75.6 Å². The lowest BCUT2D eigenvalue weighted by molar-refractivity contribution is 0.306. The molecule has 0 spiro atoms. The van der Waals surface area contributed by atoms with Crippen LogP contribution in [0.2, 0.25) is 0 Å². The van der Waals surface area contributed by atoms with Gasteiger partial charge in [-0.3, -0.25) is 0 Å². The number of aromatic nitrogens is 2. The van der Waals surface area contributed by atoms with Crippen molar-refractivity contribution in [2.75, 3.05) is 38.1 Å². The van der Waals surface area contributed by atoms with E-state index in [9.17, 15) is 0 Å². The fraction of sp³-hybridized carbons (Fsp3) is 0.231. The second kappa shape index (κ2) is 8.74. The summed E-state index contributed by atoms with van der Waals surface area (Å²) in [4.78, 5) is 4.86. The van der Waals surface area contributed by atoms with E-state index in [-0.39, 0.29) is 0 Å². The van der Waals surface area contributed by atoms with Crippen LogP contribution in [0, 0.1) is 0 Å². The van der Waals surface area contributed by atoms with Crippen molar-refractivity contribution in [3.63, 3.8) is 0 Å². The topological polar surface area (TPSA) is 41.5 Å². The quantitative estimate of drug-likeness (QED) is 0.480. The summed E-state index contributed by atoms with van der Waals surface area (Å²) in [6.45, 7) is 4.80. The van der Waals surface area contributed by atoms with Crippen LogP contribution >= 0.6 is 0 Å². The van der Waals surface area contributed by atoms with E-state index < -0.39 is 0 Å². The van der Waals surface area contributed by atoms with Crippen LogP contribution in [0.5, 0.6) is 5.75 Å². The lowest BCUT2D eigenvalue weighted by Crippen LogP contribution is -2.44. The highest BCUT2D eigenvalue weighted by Gasteiger charge is 2.16. The molecule has 5 rings (SSSR count). The summed E-state index contributed by atoms with van der Waals surface area (Å²) in [5.74, 6) is 0.888. The number of rotatable bonds is 5.